The molecule has 4 fully saturated rings. The molecule has 0 aromatic heterocycles. The van der Waals surface area contributed by atoms with Crippen molar-refractivity contribution in [3.05, 3.63) is 0 Å². The maximum atomic E-state index is 12.3. The molecule has 6 N–H and O–H groups in total. The van der Waals surface area contributed by atoms with Crippen LogP contribution in [-0.4, -0.2) is 68.5 Å². The van der Waals surface area contributed by atoms with Gasteiger partial charge in [-0.25, -0.2) is 0 Å². The van der Waals surface area contributed by atoms with Gasteiger partial charge in [0.25, 0.3) is 0 Å². The van der Waals surface area contributed by atoms with E-state index < -0.39 is 47.2 Å². The summed E-state index contributed by atoms with van der Waals surface area (Å²) in [6.45, 7) is 5.96. The molecule has 0 aromatic carbocycles. The van der Waals surface area contributed by atoms with Crippen LogP contribution in [0.2, 0.25) is 0 Å². The molecule has 9 heteroatoms. The third kappa shape index (κ3) is 4.41. The molecule has 0 aromatic rings. The Kier molecular flexibility index (Phi) is 7.57. The van der Waals surface area contributed by atoms with E-state index in [1.165, 1.54) is 0 Å². The Balaban J connectivity index is 1.64. The van der Waals surface area contributed by atoms with E-state index in [-0.39, 0.29) is 48.5 Å². The van der Waals surface area contributed by atoms with Crippen molar-refractivity contribution in [1.29, 1.82) is 0 Å². The second kappa shape index (κ2) is 9.89. The smallest absolute Gasteiger partial charge is 0.322 e. The highest BCUT2D eigenvalue weighted by Crippen LogP contribution is 2.68. The molecule has 12 unspecified atom stereocenters. The van der Waals surface area contributed by atoms with E-state index in [1.807, 2.05) is 5.48 Å². The molecule has 0 aliphatic heterocycles. The predicted octanol–water partition coefficient (Wildman–Crippen LogP) is 1.95. The van der Waals surface area contributed by atoms with Gasteiger partial charge in [0.1, 0.15) is 12.6 Å². The van der Waals surface area contributed by atoms with Crippen LogP contribution in [0.4, 0.5) is 0 Å². The Labute approximate surface area is 207 Å². The van der Waals surface area contributed by atoms with Gasteiger partial charge < -0.3 is 30.4 Å². The van der Waals surface area contributed by atoms with Crippen molar-refractivity contribution < 1.29 is 40.0 Å². The fourth-order valence-electron chi connectivity index (χ4n) is 9.17. The van der Waals surface area contributed by atoms with Crippen LogP contribution in [-0.2, 0) is 14.3 Å². The van der Waals surface area contributed by atoms with Gasteiger partial charge in [-0.05, 0) is 79.4 Å². The van der Waals surface area contributed by atoms with Crippen molar-refractivity contribution in [3.8, 4) is 0 Å². The highest BCUT2D eigenvalue weighted by molar-refractivity contribution is 5.71. The van der Waals surface area contributed by atoms with Gasteiger partial charge in [0.05, 0.1) is 18.3 Å². The molecule has 4 aliphatic rings. The second-order valence-electron chi connectivity index (χ2n) is 12.3. The summed E-state index contributed by atoms with van der Waals surface area (Å²) < 4.78 is 5.80. The number of hydrogen-bond acceptors (Lipinski definition) is 8. The van der Waals surface area contributed by atoms with Crippen molar-refractivity contribution in [3.63, 3.8) is 0 Å². The zero-order chi connectivity index (χ0) is 25.7. The monoisotopic (exact) mass is 497 g/mol. The summed E-state index contributed by atoms with van der Waals surface area (Å²) in [4.78, 5) is 23.5. The summed E-state index contributed by atoms with van der Waals surface area (Å²) in [7, 11) is 0. The molecular formula is C26H43NO8. The molecule has 35 heavy (non-hydrogen) atoms. The number of esters is 1. The zero-order valence-corrected chi connectivity index (χ0v) is 21.1. The van der Waals surface area contributed by atoms with Gasteiger partial charge in [-0.2, -0.15) is 5.48 Å². The Morgan fingerprint density at radius 2 is 1.74 bits per heavy atom. The van der Waals surface area contributed by atoms with Gasteiger partial charge in [0.2, 0.25) is 0 Å². The number of ether oxygens (including phenoxy) is 1. The molecule has 0 spiro atoms. The summed E-state index contributed by atoms with van der Waals surface area (Å²) in [6, 6.07) is 0. The molecule has 0 saturated heterocycles. The summed E-state index contributed by atoms with van der Waals surface area (Å²) in [5, 5.41) is 51.8. The molecule has 12 atom stereocenters. The zero-order valence-electron chi connectivity index (χ0n) is 21.1. The second-order valence-corrected chi connectivity index (χ2v) is 12.3. The van der Waals surface area contributed by atoms with E-state index in [1.54, 1.807) is 0 Å². The fourth-order valence-corrected chi connectivity index (χ4v) is 9.17. The van der Waals surface area contributed by atoms with E-state index in [0.29, 0.717) is 32.1 Å². The van der Waals surface area contributed by atoms with Crippen LogP contribution in [0.5, 0.6) is 0 Å². The first-order valence-corrected chi connectivity index (χ1v) is 13.3. The van der Waals surface area contributed by atoms with Crippen LogP contribution in [0.1, 0.15) is 72.1 Å². The minimum atomic E-state index is -0.807. The highest BCUT2D eigenvalue weighted by Gasteiger charge is 2.68. The number of nitrogens with one attached hydrogen (secondary N) is 1. The molecular weight excluding hydrogens is 454 g/mol. The lowest BCUT2D eigenvalue weighted by molar-refractivity contribution is -0.240. The van der Waals surface area contributed by atoms with E-state index in [0.717, 1.165) is 12.8 Å². The first kappa shape index (κ1) is 26.8. The van der Waals surface area contributed by atoms with E-state index in [4.69, 9.17) is 15.1 Å². The minimum absolute atomic E-state index is 0.0503. The average molecular weight is 498 g/mol. The Morgan fingerprint density at radius 1 is 1.03 bits per heavy atom. The van der Waals surface area contributed by atoms with Crippen LogP contribution < -0.4 is 5.48 Å². The van der Waals surface area contributed by atoms with Crippen molar-refractivity contribution in [2.24, 2.45) is 46.3 Å². The largest absolute Gasteiger partial charge is 0.481 e. The molecule has 4 aliphatic carbocycles. The predicted molar refractivity (Wildman–Crippen MR) is 125 cm³/mol. The Morgan fingerprint density at radius 3 is 2.40 bits per heavy atom. The topological polar surface area (TPSA) is 157 Å². The number of aliphatic hydroxyl groups is 3. The van der Waals surface area contributed by atoms with Gasteiger partial charge >= 0.3 is 11.9 Å². The number of hydroxylamine groups is 1. The number of carbonyl (C=O) groups excluding carboxylic acids is 1. The molecule has 200 valence electrons. The van der Waals surface area contributed by atoms with Crippen molar-refractivity contribution in [2.75, 3.05) is 6.54 Å². The summed E-state index contributed by atoms with van der Waals surface area (Å²) in [5.74, 6) is -1.17. The fraction of sp³-hybridized carbons (Fsp3) is 0.923. The summed E-state index contributed by atoms with van der Waals surface area (Å²) >= 11 is 0. The molecule has 0 amide bonds. The third-order valence-electron chi connectivity index (χ3n) is 10.9. The SMILES string of the molecule is CC(CCC(=O)O)C1CCC2C3C(O)CC4CC(O)CC(OC(=O)CNO)C4(C)C3CC(O)C12C. The van der Waals surface area contributed by atoms with E-state index in [9.17, 15) is 24.9 Å². The molecule has 9 nitrogen and oxygen atoms in total. The lowest BCUT2D eigenvalue weighted by Gasteiger charge is -2.64. The van der Waals surface area contributed by atoms with Gasteiger partial charge in [-0.15, -0.1) is 0 Å². The quantitative estimate of drug-likeness (QED) is 0.228. The Hall–Kier alpha value is -1.26. The van der Waals surface area contributed by atoms with Crippen molar-refractivity contribution >= 4 is 11.9 Å². The number of hydrogen-bond donors (Lipinski definition) is 6. The van der Waals surface area contributed by atoms with Crippen LogP contribution >= 0.6 is 0 Å². The molecule has 0 bridgehead atoms. The number of fused-ring (bicyclic) bond motifs is 5. The van der Waals surface area contributed by atoms with Crippen LogP contribution in [0.15, 0.2) is 0 Å². The number of carboxylic acid groups (broad SMARTS) is 1. The molecule has 4 saturated carbocycles. The third-order valence-corrected chi connectivity index (χ3v) is 10.9. The van der Waals surface area contributed by atoms with Gasteiger partial charge in [0, 0.05) is 18.3 Å². The lowest BCUT2D eigenvalue weighted by Crippen LogP contribution is -2.66. The van der Waals surface area contributed by atoms with Gasteiger partial charge in [-0.1, -0.05) is 20.8 Å². The summed E-state index contributed by atoms with van der Waals surface area (Å²) in [5.41, 5.74) is 0.915. The maximum absolute atomic E-state index is 12.3. The van der Waals surface area contributed by atoms with Crippen LogP contribution in [0, 0.1) is 46.3 Å². The molecule has 4 rings (SSSR count). The highest BCUT2D eigenvalue weighted by atomic mass is 16.6. The van der Waals surface area contributed by atoms with Crippen molar-refractivity contribution in [1.82, 2.24) is 5.48 Å². The van der Waals surface area contributed by atoms with E-state index in [2.05, 4.69) is 20.8 Å². The molecule has 0 heterocycles. The van der Waals surface area contributed by atoms with Crippen LogP contribution in [0.25, 0.3) is 0 Å². The number of aliphatic carboxylic acids is 1. The standard InChI is InChI=1S/C26H43NO8/c1-13(4-7-22(31)32)16-5-6-17-24-18(11-20(30)26(16,17)3)25(2)14(9-19(24)29)8-15(28)10-21(25)35-23(33)12-27-34/h13-21,24,27-30,34H,4-12H2,1-3H3,(H,31,32). The maximum Gasteiger partial charge on any atom is 0.322 e. The summed E-state index contributed by atoms with van der Waals surface area (Å²) in [6.07, 6.45) is 1.89. The van der Waals surface area contributed by atoms with Gasteiger partial charge in [-0.3, -0.25) is 9.59 Å². The van der Waals surface area contributed by atoms with E-state index >= 15 is 0 Å². The van der Waals surface area contributed by atoms with Crippen LogP contribution in [0.3, 0.4) is 0 Å². The Bertz CT molecular complexity index is 808. The normalized spacial score (nSPS) is 47.8. The first-order chi connectivity index (χ1) is 16.4. The first-order valence-electron chi connectivity index (χ1n) is 13.3. The lowest BCUT2D eigenvalue weighted by atomic mass is 9.42. The number of rotatable bonds is 7. The number of aliphatic hydroxyl groups excluding tert-OH is 3. The van der Waals surface area contributed by atoms with Gasteiger partial charge in [0.15, 0.2) is 0 Å². The number of carbonyl (C=O) groups is 2. The minimum Gasteiger partial charge on any atom is -0.481 e. The average Bonchev–Trinajstić information content (AvgIpc) is 3.13. The van der Waals surface area contributed by atoms with Crippen molar-refractivity contribution in [2.45, 2.75) is 96.6 Å². The molecule has 0 radical (unpaired) electrons. The number of carboxylic acids is 1.